The van der Waals surface area contributed by atoms with Crippen LogP contribution in [0.1, 0.15) is 87.5 Å². The first-order valence-corrected chi connectivity index (χ1v) is 20.9. The van der Waals surface area contributed by atoms with E-state index in [1.165, 1.54) is 84.3 Å². The molecule has 57 heavy (non-hydrogen) atoms. The summed E-state index contributed by atoms with van der Waals surface area (Å²) >= 11 is 0. The fraction of sp³-hybridized carbons (Fsp3) is 0.294. The predicted molar refractivity (Wildman–Crippen MR) is 229 cm³/mol. The van der Waals surface area contributed by atoms with Gasteiger partial charge in [-0.1, -0.05) is 86.3 Å². The molecule has 1 aromatic heterocycles. The van der Waals surface area contributed by atoms with E-state index < -0.39 is 5.41 Å². The molecule has 0 spiro atoms. The fourth-order valence-corrected chi connectivity index (χ4v) is 10.6. The first kappa shape index (κ1) is 36.6. The molecule has 2 saturated carbocycles. The summed E-state index contributed by atoms with van der Waals surface area (Å²) in [5.41, 5.74) is 9.75. The van der Waals surface area contributed by atoms with E-state index in [0.717, 1.165) is 40.0 Å². The standard InChI is InChI=1S/C51H49N5.Pt/c1-36-18-22-40(23-19-36)52-28-30-54(34-52)42-13-8-12-39(32-42)51(38-10-4-3-5-11-38)46-16-9-15-45-44-14-6-7-17-48(44)56(50(45)46)49-27-26-43(33-47(49)51)55-31-29-53(35-55)41-24-20-37(2)21-25-41;/h3-17,26-31,34-37,40-41H,18-25H2,1-2H3;/q-4;+4. The Labute approximate surface area is 352 Å². The van der Waals surface area contributed by atoms with Crippen molar-refractivity contribution in [3.63, 3.8) is 0 Å². The van der Waals surface area contributed by atoms with Gasteiger partial charge in [-0.25, -0.2) is 0 Å². The number of nitrogens with zero attached hydrogens (tertiary/aromatic N) is 5. The van der Waals surface area contributed by atoms with E-state index in [9.17, 15) is 0 Å². The van der Waals surface area contributed by atoms with E-state index in [1.807, 2.05) is 0 Å². The molecular weight excluding hydrogens is 878 g/mol. The summed E-state index contributed by atoms with van der Waals surface area (Å²) in [7, 11) is 0. The maximum Gasteiger partial charge on any atom is 4.00 e. The molecule has 1 atom stereocenters. The van der Waals surface area contributed by atoms with Gasteiger partial charge in [-0.05, 0) is 105 Å². The minimum Gasteiger partial charge on any atom is -0.505 e. The van der Waals surface area contributed by atoms with Crippen LogP contribution in [0.25, 0.3) is 27.5 Å². The second-order valence-electron chi connectivity index (χ2n) is 17.1. The first-order valence-electron chi connectivity index (χ1n) is 20.9. The number of hydrogen-bond donors (Lipinski definition) is 0. The van der Waals surface area contributed by atoms with Crippen LogP contribution in [-0.2, 0) is 26.5 Å². The van der Waals surface area contributed by atoms with E-state index in [-0.39, 0.29) is 21.1 Å². The van der Waals surface area contributed by atoms with Crippen molar-refractivity contribution >= 4 is 33.2 Å². The molecule has 2 aliphatic carbocycles. The van der Waals surface area contributed by atoms with E-state index in [2.05, 4.69) is 191 Å². The van der Waals surface area contributed by atoms with Crippen LogP contribution >= 0.6 is 0 Å². The van der Waals surface area contributed by atoms with Crippen molar-refractivity contribution in [2.24, 2.45) is 11.8 Å². The van der Waals surface area contributed by atoms with Crippen LogP contribution in [-0.4, -0.2) is 26.5 Å². The van der Waals surface area contributed by atoms with Gasteiger partial charge in [0, 0.05) is 39.3 Å². The molecule has 6 heteroatoms. The number of anilines is 2. The Balaban J connectivity index is 0.00000396. The van der Waals surface area contributed by atoms with Gasteiger partial charge in [0.1, 0.15) is 0 Å². The monoisotopic (exact) mass is 926 g/mol. The summed E-state index contributed by atoms with van der Waals surface area (Å²) in [4.78, 5) is 9.43. The van der Waals surface area contributed by atoms with Crippen LogP contribution in [0.15, 0.2) is 128 Å². The van der Waals surface area contributed by atoms with Crippen molar-refractivity contribution in [1.29, 1.82) is 0 Å². The third-order valence-electron chi connectivity index (χ3n) is 13.7. The molecule has 0 radical (unpaired) electrons. The van der Waals surface area contributed by atoms with Crippen LogP contribution in [0, 0.1) is 37.3 Å². The summed E-state index contributed by atoms with van der Waals surface area (Å²) in [6.45, 7) is 9.37. The van der Waals surface area contributed by atoms with Gasteiger partial charge < -0.3 is 24.2 Å². The topological polar surface area (TPSA) is 17.9 Å². The largest absolute Gasteiger partial charge is 4.00 e. The predicted octanol–water partition coefficient (Wildman–Crippen LogP) is 11.7. The Morgan fingerprint density at radius 3 is 1.84 bits per heavy atom. The average Bonchev–Trinajstić information content (AvgIpc) is 4.02. The fourth-order valence-electron chi connectivity index (χ4n) is 10.6. The number of benzene rings is 5. The maximum atomic E-state index is 4.14. The number of fused-ring (bicyclic) bond motifs is 5. The van der Waals surface area contributed by atoms with Gasteiger partial charge in [-0.2, -0.15) is 43.7 Å². The molecule has 5 aromatic carbocycles. The third kappa shape index (κ3) is 5.90. The van der Waals surface area contributed by atoms with Gasteiger partial charge in [0.15, 0.2) is 0 Å². The van der Waals surface area contributed by atoms with Crippen molar-refractivity contribution < 1.29 is 21.1 Å². The van der Waals surface area contributed by atoms with Gasteiger partial charge in [0.05, 0.1) is 0 Å². The quantitative estimate of drug-likeness (QED) is 0.155. The Hall–Kier alpha value is -4.73. The summed E-state index contributed by atoms with van der Waals surface area (Å²) in [6, 6.07) is 47.6. The van der Waals surface area contributed by atoms with Crippen molar-refractivity contribution in [2.75, 3.05) is 9.80 Å². The molecule has 0 N–H and O–H groups in total. The molecule has 288 valence electrons. The van der Waals surface area contributed by atoms with Gasteiger partial charge >= 0.3 is 21.1 Å². The maximum absolute atomic E-state index is 4.14. The third-order valence-corrected chi connectivity index (χ3v) is 13.7. The first-order chi connectivity index (χ1) is 27.6. The van der Waals surface area contributed by atoms with Crippen LogP contribution in [0.3, 0.4) is 0 Å². The molecule has 0 bridgehead atoms. The van der Waals surface area contributed by atoms with Crippen molar-refractivity contribution in [3.8, 4) is 5.69 Å². The normalized spacial score (nSPS) is 25.4. The Kier molecular flexibility index (Phi) is 9.36. The Bertz CT molecular complexity index is 2490. The van der Waals surface area contributed by atoms with Crippen LogP contribution < -0.4 is 9.80 Å². The molecule has 0 saturated heterocycles. The summed E-state index contributed by atoms with van der Waals surface area (Å²) in [5.74, 6) is 1.65. The van der Waals surface area contributed by atoms with Gasteiger partial charge in [-0.3, -0.25) is 0 Å². The number of rotatable bonds is 6. The molecule has 1 unspecified atom stereocenters. The molecule has 5 nitrogen and oxygen atoms in total. The smallest absolute Gasteiger partial charge is 0.505 e. The Morgan fingerprint density at radius 2 is 1.16 bits per heavy atom. The van der Waals surface area contributed by atoms with Crippen LogP contribution in [0.4, 0.5) is 11.4 Å². The molecule has 6 aromatic rings. The van der Waals surface area contributed by atoms with Gasteiger partial charge in [0.25, 0.3) is 0 Å². The van der Waals surface area contributed by atoms with E-state index in [4.69, 9.17) is 0 Å². The van der Waals surface area contributed by atoms with Crippen LogP contribution in [0.2, 0.25) is 0 Å². The zero-order chi connectivity index (χ0) is 37.4. The number of para-hydroxylation sites is 2. The van der Waals surface area contributed by atoms with Crippen molar-refractivity contribution in [2.45, 2.75) is 82.7 Å². The molecule has 5 aliphatic rings. The minimum atomic E-state index is -0.697. The molecular formula is C51H49N5Pt. The van der Waals surface area contributed by atoms with Crippen LogP contribution in [0.5, 0.6) is 0 Å². The number of aromatic nitrogens is 1. The summed E-state index contributed by atoms with van der Waals surface area (Å²) in [5, 5.41) is 2.54. The van der Waals surface area contributed by atoms with Crippen molar-refractivity contribution in [1.82, 2.24) is 14.4 Å². The molecule has 4 heterocycles. The zero-order valence-electron chi connectivity index (χ0n) is 32.8. The molecule has 2 fully saturated rings. The molecule has 11 rings (SSSR count). The van der Waals surface area contributed by atoms with E-state index in [0.29, 0.717) is 12.1 Å². The van der Waals surface area contributed by atoms with E-state index in [1.54, 1.807) is 0 Å². The molecule has 3 aliphatic heterocycles. The van der Waals surface area contributed by atoms with Crippen molar-refractivity contribution in [3.05, 3.63) is 176 Å². The Morgan fingerprint density at radius 1 is 0.561 bits per heavy atom. The van der Waals surface area contributed by atoms with E-state index >= 15 is 0 Å². The molecule has 0 amide bonds. The summed E-state index contributed by atoms with van der Waals surface area (Å²) in [6.07, 6.45) is 19.1. The average molecular weight is 927 g/mol. The second-order valence-corrected chi connectivity index (χ2v) is 17.1. The number of hydrogen-bond acceptors (Lipinski definition) is 4. The SMILES string of the molecule is CC1CCC(N2C=CN(c3[c-]c(C4(c5ccccc5)c5[c-]c(N6C=CN(C7CCC(C)CC7)[CH-]6)ccc5-n5c6ccccc6c6cccc4c65)ccc3)[CH-]2)CC1.[Pt+4]. The summed E-state index contributed by atoms with van der Waals surface area (Å²) < 4.78 is 2.50. The zero-order valence-corrected chi connectivity index (χ0v) is 35.1. The van der Waals surface area contributed by atoms with Gasteiger partial charge in [0.2, 0.25) is 0 Å². The second kappa shape index (κ2) is 14.6. The van der Waals surface area contributed by atoms with Gasteiger partial charge in [-0.15, -0.1) is 34.6 Å². The minimum absolute atomic E-state index is 0.